The van der Waals surface area contributed by atoms with E-state index >= 15 is 0 Å². The Kier molecular flexibility index (Phi) is 6.37. The van der Waals surface area contributed by atoms with Crippen molar-refractivity contribution in [2.24, 2.45) is 0 Å². The Hall–Kier alpha value is -4.53. The van der Waals surface area contributed by atoms with Crippen LogP contribution in [0, 0.1) is 13.8 Å². The molecule has 4 N–H and O–H groups in total. The number of benzene rings is 2. The van der Waals surface area contributed by atoms with Crippen molar-refractivity contribution in [2.45, 2.75) is 64.8 Å². The van der Waals surface area contributed by atoms with Gasteiger partial charge in [-0.1, -0.05) is 0 Å². The number of fused-ring (bicyclic) bond motifs is 5. The Morgan fingerprint density at radius 2 is 1.80 bits per heavy atom. The molecular formula is C31H30N2O7. The minimum absolute atomic E-state index is 0.0337. The number of carboxylic acid groups (broad SMARTS) is 1. The smallest absolute Gasteiger partial charge is 0.339 e. The number of aromatic nitrogens is 1. The highest BCUT2D eigenvalue weighted by atomic mass is 16.4. The van der Waals surface area contributed by atoms with Gasteiger partial charge in [0.1, 0.15) is 28.7 Å². The van der Waals surface area contributed by atoms with Crippen molar-refractivity contribution in [1.82, 2.24) is 10.3 Å². The second kappa shape index (κ2) is 9.89. The number of furan rings is 1. The Labute approximate surface area is 228 Å². The highest BCUT2D eigenvalue weighted by Gasteiger charge is 2.25. The van der Waals surface area contributed by atoms with Gasteiger partial charge in [-0.2, -0.15) is 0 Å². The summed E-state index contributed by atoms with van der Waals surface area (Å²) in [6.07, 6.45) is 5.82. The predicted molar refractivity (Wildman–Crippen MR) is 150 cm³/mol. The summed E-state index contributed by atoms with van der Waals surface area (Å²) in [7, 11) is 0. The van der Waals surface area contributed by atoms with Crippen LogP contribution >= 0.6 is 0 Å². The molecule has 0 bridgehead atoms. The van der Waals surface area contributed by atoms with Crippen LogP contribution in [0.3, 0.4) is 0 Å². The van der Waals surface area contributed by atoms with Gasteiger partial charge >= 0.3 is 11.6 Å². The molecule has 1 aliphatic carbocycles. The van der Waals surface area contributed by atoms with Crippen LogP contribution in [0.15, 0.2) is 44.1 Å². The average molecular weight is 543 g/mol. The molecule has 3 aromatic heterocycles. The van der Waals surface area contributed by atoms with E-state index in [4.69, 9.17) is 8.83 Å². The number of amides is 1. The minimum Gasteiger partial charge on any atom is -0.508 e. The van der Waals surface area contributed by atoms with Gasteiger partial charge in [0.25, 0.3) is 0 Å². The normalized spacial score (nSPS) is 14.1. The molecule has 9 nitrogen and oxygen atoms in total. The predicted octanol–water partition coefficient (Wildman–Crippen LogP) is 4.97. The molecule has 1 atom stereocenters. The highest BCUT2D eigenvalue weighted by molar-refractivity contribution is 6.00. The lowest BCUT2D eigenvalue weighted by molar-refractivity contribution is -0.141. The van der Waals surface area contributed by atoms with Gasteiger partial charge in [0.05, 0.1) is 0 Å². The first-order valence-corrected chi connectivity index (χ1v) is 13.5. The molecule has 2 aromatic carbocycles. The molecule has 206 valence electrons. The van der Waals surface area contributed by atoms with Crippen molar-refractivity contribution < 1.29 is 28.6 Å². The molecule has 0 saturated heterocycles. The summed E-state index contributed by atoms with van der Waals surface area (Å²) in [5.41, 5.74) is 5.33. The molecular weight excluding hydrogens is 512 g/mol. The van der Waals surface area contributed by atoms with E-state index in [9.17, 15) is 24.6 Å². The number of nitrogens with one attached hydrogen (secondary N) is 2. The molecule has 6 rings (SSSR count). The second-order valence-electron chi connectivity index (χ2n) is 10.7. The third kappa shape index (κ3) is 4.41. The van der Waals surface area contributed by atoms with Crippen molar-refractivity contribution >= 4 is 44.7 Å². The van der Waals surface area contributed by atoms with Crippen LogP contribution in [0.5, 0.6) is 5.75 Å². The maximum absolute atomic E-state index is 13.0. The standard InChI is InChI=1S/C31H30N2O7/c1-15-19(31(38)40-28-16(2)29-23(13-21(15)28)20-5-3-4-6-26(20)39-29)8-10-27(35)33-25(30(36)37)11-17-14-32-24-9-7-18(34)12-22(17)24/h7,9,12-14,25,32,34H,3-6,8,10-11H2,1-2H3,(H,33,35)(H,36,37). The fourth-order valence-corrected chi connectivity index (χ4v) is 5.97. The quantitative estimate of drug-likeness (QED) is 0.213. The number of hydrogen-bond acceptors (Lipinski definition) is 6. The zero-order valence-corrected chi connectivity index (χ0v) is 22.3. The van der Waals surface area contributed by atoms with E-state index in [0.717, 1.165) is 64.4 Å². The molecule has 1 unspecified atom stereocenters. The van der Waals surface area contributed by atoms with E-state index in [-0.39, 0.29) is 25.0 Å². The number of aryl methyl sites for hydroxylation is 4. The van der Waals surface area contributed by atoms with Crippen LogP contribution < -0.4 is 10.9 Å². The summed E-state index contributed by atoms with van der Waals surface area (Å²) in [5.74, 6) is -0.580. The van der Waals surface area contributed by atoms with E-state index in [0.29, 0.717) is 22.1 Å². The van der Waals surface area contributed by atoms with Crippen LogP contribution in [-0.4, -0.2) is 33.1 Å². The Morgan fingerprint density at radius 1 is 1.02 bits per heavy atom. The lowest BCUT2D eigenvalue weighted by atomic mass is 9.93. The number of carbonyl (C=O) groups is 2. The van der Waals surface area contributed by atoms with Gasteiger partial charge in [-0.05, 0) is 74.9 Å². The number of rotatable bonds is 7. The number of aliphatic carboxylic acids is 1. The molecule has 0 aliphatic heterocycles. The fourth-order valence-electron chi connectivity index (χ4n) is 5.97. The van der Waals surface area contributed by atoms with Crippen LogP contribution in [0.4, 0.5) is 0 Å². The largest absolute Gasteiger partial charge is 0.508 e. The molecule has 0 saturated carbocycles. The fraction of sp³-hybridized carbons (Fsp3) is 0.323. The molecule has 5 aromatic rings. The first-order chi connectivity index (χ1) is 19.2. The number of aromatic hydroxyl groups is 1. The van der Waals surface area contributed by atoms with Crippen molar-refractivity contribution in [3.63, 3.8) is 0 Å². The lowest BCUT2D eigenvalue weighted by Crippen LogP contribution is -2.42. The van der Waals surface area contributed by atoms with Crippen molar-refractivity contribution in [3.05, 3.63) is 74.5 Å². The van der Waals surface area contributed by atoms with Gasteiger partial charge in [0, 0.05) is 63.8 Å². The summed E-state index contributed by atoms with van der Waals surface area (Å²) < 4.78 is 11.9. The minimum atomic E-state index is -1.17. The summed E-state index contributed by atoms with van der Waals surface area (Å²) in [4.78, 5) is 40.9. The monoisotopic (exact) mass is 542 g/mol. The van der Waals surface area contributed by atoms with Gasteiger partial charge < -0.3 is 29.3 Å². The molecule has 1 aliphatic rings. The van der Waals surface area contributed by atoms with Crippen LogP contribution in [0.25, 0.3) is 32.8 Å². The molecule has 9 heteroatoms. The third-order valence-electron chi connectivity index (χ3n) is 8.13. The zero-order chi connectivity index (χ0) is 28.1. The maximum Gasteiger partial charge on any atom is 0.339 e. The number of phenolic OH excluding ortho intramolecular Hbond substituents is 1. The Bertz CT molecular complexity index is 1870. The third-order valence-corrected chi connectivity index (χ3v) is 8.13. The number of carboxylic acids is 1. The molecule has 3 heterocycles. The number of H-pyrrole nitrogens is 1. The Balaban J connectivity index is 1.23. The van der Waals surface area contributed by atoms with Crippen molar-refractivity contribution in [3.8, 4) is 5.75 Å². The topological polar surface area (TPSA) is 146 Å². The van der Waals surface area contributed by atoms with Crippen LogP contribution in [0.2, 0.25) is 0 Å². The van der Waals surface area contributed by atoms with Crippen molar-refractivity contribution in [1.29, 1.82) is 0 Å². The molecule has 0 fully saturated rings. The summed E-state index contributed by atoms with van der Waals surface area (Å²) in [5, 5.41) is 24.7. The lowest BCUT2D eigenvalue weighted by Gasteiger charge is -2.15. The van der Waals surface area contributed by atoms with E-state index in [1.807, 2.05) is 19.9 Å². The van der Waals surface area contributed by atoms with Gasteiger partial charge in [0.2, 0.25) is 5.91 Å². The first-order valence-electron chi connectivity index (χ1n) is 13.5. The SMILES string of the molecule is Cc1c(CCC(=O)NC(Cc2c[nH]c3ccc(O)cc23)C(=O)O)c(=O)oc2c(C)c3oc4c(c3cc12)CCCC4. The Morgan fingerprint density at radius 3 is 2.60 bits per heavy atom. The number of hydrogen-bond donors (Lipinski definition) is 4. The molecule has 0 radical (unpaired) electrons. The number of aromatic amines is 1. The summed E-state index contributed by atoms with van der Waals surface area (Å²) >= 11 is 0. The number of phenols is 1. The average Bonchev–Trinajstić information content (AvgIpc) is 3.50. The van der Waals surface area contributed by atoms with Gasteiger partial charge in [-0.15, -0.1) is 0 Å². The van der Waals surface area contributed by atoms with E-state index in [1.165, 1.54) is 11.6 Å². The molecule has 40 heavy (non-hydrogen) atoms. The van der Waals surface area contributed by atoms with Crippen LogP contribution in [-0.2, 0) is 35.3 Å². The first kappa shape index (κ1) is 25.7. The van der Waals surface area contributed by atoms with E-state index in [1.54, 1.807) is 18.3 Å². The van der Waals surface area contributed by atoms with E-state index in [2.05, 4.69) is 10.3 Å². The zero-order valence-electron chi connectivity index (χ0n) is 22.3. The van der Waals surface area contributed by atoms with Gasteiger partial charge in [-0.3, -0.25) is 4.79 Å². The van der Waals surface area contributed by atoms with Gasteiger partial charge in [-0.25, -0.2) is 9.59 Å². The van der Waals surface area contributed by atoms with E-state index < -0.39 is 23.5 Å². The maximum atomic E-state index is 13.0. The van der Waals surface area contributed by atoms with Crippen molar-refractivity contribution in [2.75, 3.05) is 0 Å². The summed E-state index contributed by atoms with van der Waals surface area (Å²) in [6.45, 7) is 3.76. The molecule has 0 spiro atoms. The van der Waals surface area contributed by atoms with Gasteiger partial charge in [0.15, 0.2) is 0 Å². The highest BCUT2D eigenvalue weighted by Crippen LogP contribution is 2.38. The summed E-state index contributed by atoms with van der Waals surface area (Å²) in [6, 6.07) is 5.65. The second-order valence-corrected chi connectivity index (χ2v) is 10.7. The molecule has 1 amide bonds. The number of carbonyl (C=O) groups excluding carboxylic acids is 1. The van der Waals surface area contributed by atoms with Crippen LogP contribution in [0.1, 0.15) is 52.8 Å².